The van der Waals surface area contributed by atoms with Gasteiger partial charge >= 0.3 is 0 Å². The van der Waals surface area contributed by atoms with Gasteiger partial charge in [0.15, 0.2) is 0 Å². The van der Waals surface area contributed by atoms with Gasteiger partial charge in [0, 0.05) is 11.1 Å². The lowest BCUT2D eigenvalue weighted by molar-refractivity contribution is 0.0901. The number of amides is 1. The van der Waals surface area contributed by atoms with Crippen molar-refractivity contribution in [3.05, 3.63) is 52.9 Å². The second kappa shape index (κ2) is 6.73. The van der Waals surface area contributed by atoms with Crippen LogP contribution in [0.3, 0.4) is 0 Å². The van der Waals surface area contributed by atoms with E-state index in [1.165, 1.54) is 6.20 Å². The third-order valence-electron chi connectivity index (χ3n) is 3.02. The smallest absolute Gasteiger partial charge is 0.290 e. The summed E-state index contributed by atoms with van der Waals surface area (Å²) in [6.45, 7) is 4.00. The SMILES string of the molecule is Cc1cnoc1C(=O)NC(C)c1cccc(C#CCN)c1. The monoisotopic (exact) mass is 283 g/mol. The molecule has 1 heterocycles. The minimum Gasteiger partial charge on any atom is -0.351 e. The Morgan fingerprint density at radius 1 is 1.52 bits per heavy atom. The van der Waals surface area contributed by atoms with E-state index in [1.807, 2.05) is 31.2 Å². The third kappa shape index (κ3) is 3.71. The molecule has 2 aromatic rings. The van der Waals surface area contributed by atoms with Gasteiger partial charge in [-0.25, -0.2) is 0 Å². The molecule has 5 nitrogen and oxygen atoms in total. The van der Waals surface area contributed by atoms with Gasteiger partial charge in [-0.2, -0.15) is 0 Å². The summed E-state index contributed by atoms with van der Waals surface area (Å²) in [5, 5.41) is 6.48. The highest BCUT2D eigenvalue weighted by Gasteiger charge is 2.17. The van der Waals surface area contributed by atoms with Crippen molar-refractivity contribution in [1.82, 2.24) is 10.5 Å². The van der Waals surface area contributed by atoms with Gasteiger partial charge in [0.25, 0.3) is 5.91 Å². The van der Waals surface area contributed by atoms with E-state index in [-0.39, 0.29) is 17.7 Å². The van der Waals surface area contributed by atoms with Crippen molar-refractivity contribution < 1.29 is 9.32 Å². The number of nitrogens with two attached hydrogens (primary N) is 1. The van der Waals surface area contributed by atoms with Crippen LogP contribution >= 0.6 is 0 Å². The van der Waals surface area contributed by atoms with Gasteiger partial charge in [0.2, 0.25) is 5.76 Å². The summed E-state index contributed by atoms with van der Waals surface area (Å²) in [7, 11) is 0. The number of aryl methyl sites for hydroxylation is 1. The highest BCUT2D eigenvalue weighted by Crippen LogP contribution is 2.15. The zero-order valence-corrected chi connectivity index (χ0v) is 12.0. The van der Waals surface area contributed by atoms with E-state index in [4.69, 9.17) is 10.3 Å². The highest BCUT2D eigenvalue weighted by atomic mass is 16.5. The van der Waals surface area contributed by atoms with Crippen LogP contribution in [-0.2, 0) is 0 Å². The maximum absolute atomic E-state index is 12.1. The van der Waals surface area contributed by atoms with Crippen LogP contribution in [0.2, 0.25) is 0 Å². The van der Waals surface area contributed by atoms with Gasteiger partial charge in [0.05, 0.1) is 18.8 Å². The topological polar surface area (TPSA) is 81.2 Å². The average molecular weight is 283 g/mol. The van der Waals surface area contributed by atoms with Crippen LogP contribution in [0.25, 0.3) is 0 Å². The van der Waals surface area contributed by atoms with Crippen molar-refractivity contribution in [3.63, 3.8) is 0 Å². The number of rotatable bonds is 3. The fourth-order valence-corrected chi connectivity index (χ4v) is 1.89. The molecular formula is C16H17N3O2. The van der Waals surface area contributed by atoms with Crippen molar-refractivity contribution in [3.8, 4) is 11.8 Å². The van der Waals surface area contributed by atoms with E-state index in [2.05, 4.69) is 22.3 Å². The Hall–Kier alpha value is -2.58. The molecule has 0 aliphatic rings. The first-order valence-electron chi connectivity index (χ1n) is 6.63. The predicted molar refractivity (Wildman–Crippen MR) is 79.5 cm³/mol. The Morgan fingerprint density at radius 3 is 3.00 bits per heavy atom. The molecule has 0 aliphatic heterocycles. The molecule has 0 saturated carbocycles. The second-order valence-electron chi connectivity index (χ2n) is 4.66. The quantitative estimate of drug-likeness (QED) is 0.841. The summed E-state index contributed by atoms with van der Waals surface area (Å²) in [4.78, 5) is 12.1. The summed E-state index contributed by atoms with van der Waals surface area (Å²) in [5.74, 6) is 5.74. The molecule has 0 aliphatic carbocycles. The number of carbonyl (C=O) groups excluding carboxylic acids is 1. The Morgan fingerprint density at radius 2 is 2.33 bits per heavy atom. The molecule has 21 heavy (non-hydrogen) atoms. The summed E-state index contributed by atoms with van der Waals surface area (Å²) in [5.41, 5.74) is 7.90. The lowest BCUT2D eigenvalue weighted by Crippen LogP contribution is -2.26. The molecule has 108 valence electrons. The van der Waals surface area contributed by atoms with Gasteiger partial charge in [-0.15, -0.1) is 0 Å². The first-order valence-corrected chi connectivity index (χ1v) is 6.63. The van der Waals surface area contributed by atoms with Crippen molar-refractivity contribution in [2.45, 2.75) is 19.9 Å². The maximum Gasteiger partial charge on any atom is 0.290 e. The van der Waals surface area contributed by atoms with Crippen LogP contribution in [0.4, 0.5) is 0 Å². The zero-order chi connectivity index (χ0) is 15.2. The Balaban J connectivity index is 2.11. The summed E-state index contributed by atoms with van der Waals surface area (Å²) in [6, 6.07) is 7.51. The molecule has 2 rings (SSSR count). The van der Waals surface area contributed by atoms with E-state index in [1.54, 1.807) is 6.92 Å². The molecular weight excluding hydrogens is 266 g/mol. The van der Waals surface area contributed by atoms with Crippen LogP contribution in [-0.4, -0.2) is 17.6 Å². The number of hydrogen-bond acceptors (Lipinski definition) is 4. The molecule has 1 amide bonds. The molecule has 3 N–H and O–H groups in total. The third-order valence-corrected chi connectivity index (χ3v) is 3.02. The standard InChI is InChI=1S/C16H17N3O2/c1-11-10-18-21-15(11)16(20)19-12(2)14-7-3-5-13(9-14)6-4-8-17/h3,5,7,9-10,12H,8,17H2,1-2H3,(H,19,20). The van der Waals surface area contributed by atoms with Gasteiger partial charge in [0.1, 0.15) is 0 Å². The number of hydrogen-bond donors (Lipinski definition) is 2. The van der Waals surface area contributed by atoms with Gasteiger partial charge in [-0.1, -0.05) is 29.1 Å². The Bertz CT molecular complexity index is 695. The van der Waals surface area contributed by atoms with Crippen LogP contribution in [0, 0.1) is 18.8 Å². The summed E-state index contributed by atoms with van der Waals surface area (Å²) in [6.07, 6.45) is 1.52. The number of aromatic nitrogens is 1. The molecule has 1 atom stereocenters. The predicted octanol–water partition coefficient (Wildman–Crippen LogP) is 1.78. The second-order valence-corrected chi connectivity index (χ2v) is 4.66. The lowest BCUT2D eigenvalue weighted by Gasteiger charge is -2.13. The summed E-state index contributed by atoms with van der Waals surface area (Å²) < 4.78 is 4.94. The molecule has 0 bridgehead atoms. The van der Waals surface area contributed by atoms with E-state index in [0.717, 1.165) is 11.1 Å². The van der Waals surface area contributed by atoms with Crippen molar-refractivity contribution in [1.29, 1.82) is 0 Å². The fourth-order valence-electron chi connectivity index (χ4n) is 1.89. The van der Waals surface area contributed by atoms with Crippen LogP contribution in [0.5, 0.6) is 0 Å². The lowest BCUT2D eigenvalue weighted by atomic mass is 10.0. The van der Waals surface area contributed by atoms with E-state index >= 15 is 0 Å². The molecule has 1 aromatic carbocycles. The van der Waals surface area contributed by atoms with Crippen molar-refractivity contribution in [2.75, 3.05) is 6.54 Å². The van der Waals surface area contributed by atoms with Gasteiger partial charge in [-0.05, 0) is 31.5 Å². The maximum atomic E-state index is 12.1. The Kier molecular flexibility index (Phi) is 4.75. The molecule has 1 unspecified atom stereocenters. The summed E-state index contributed by atoms with van der Waals surface area (Å²) >= 11 is 0. The minimum atomic E-state index is -0.282. The minimum absolute atomic E-state index is 0.165. The number of benzene rings is 1. The largest absolute Gasteiger partial charge is 0.351 e. The van der Waals surface area contributed by atoms with E-state index in [9.17, 15) is 4.79 Å². The highest BCUT2D eigenvalue weighted by molar-refractivity contribution is 5.92. The number of carbonyl (C=O) groups is 1. The fraction of sp³-hybridized carbons (Fsp3) is 0.250. The van der Waals surface area contributed by atoms with E-state index in [0.29, 0.717) is 12.1 Å². The van der Waals surface area contributed by atoms with Gasteiger partial charge in [-0.3, -0.25) is 4.79 Å². The van der Waals surface area contributed by atoms with E-state index < -0.39 is 0 Å². The molecule has 1 aromatic heterocycles. The average Bonchev–Trinajstić information content (AvgIpc) is 2.91. The Labute approximate surface area is 123 Å². The molecule has 0 fully saturated rings. The van der Waals surface area contributed by atoms with Crippen LogP contribution in [0.15, 0.2) is 35.0 Å². The number of nitrogens with one attached hydrogen (secondary N) is 1. The van der Waals surface area contributed by atoms with Crippen LogP contribution in [0.1, 0.15) is 40.2 Å². The van der Waals surface area contributed by atoms with Gasteiger partial charge < -0.3 is 15.6 Å². The first kappa shape index (κ1) is 14.8. The molecule has 0 radical (unpaired) electrons. The number of nitrogens with zero attached hydrogens (tertiary/aromatic N) is 1. The molecule has 5 heteroatoms. The molecule has 0 spiro atoms. The molecule has 0 saturated heterocycles. The van der Waals surface area contributed by atoms with Crippen molar-refractivity contribution >= 4 is 5.91 Å². The zero-order valence-electron chi connectivity index (χ0n) is 12.0. The van der Waals surface area contributed by atoms with Crippen molar-refractivity contribution in [2.24, 2.45) is 5.73 Å². The first-order chi connectivity index (χ1) is 10.1. The van der Waals surface area contributed by atoms with Crippen LogP contribution < -0.4 is 11.1 Å². The normalized spacial score (nSPS) is 11.4.